The standard InChI is InChI=1S/C86H60/c1-85(2)79-49-71-73(77-47-67(63-35-19-31-59(39-63)55-25-13-7-14-26-55)43-69-41-65(45-75(71)83(69)77)61-33-17-29-57(37-61)53-21-9-5-10-22-53)51-81(79)86(3,4)82-52-74-72(50-80(82)85)76-46-66(62-34-18-30-58(38-62)54-23-11-6-12-24-54)42-70-44-68(48-78(74)84(70)76)64-36-20-32-60(40-64)56-27-15-8-16-28-56/h5-52H,1-4H3. The van der Waals surface area contributed by atoms with Crippen molar-refractivity contribution in [1.82, 2.24) is 0 Å². The van der Waals surface area contributed by atoms with Gasteiger partial charge in [-0.15, -0.1) is 0 Å². The first-order valence-corrected chi connectivity index (χ1v) is 30.4. The van der Waals surface area contributed by atoms with Gasteiger partial charge in [0, 0.05) is 10.8 Å². The van der Waals surface area contributed by atoms with E-state index >= 15 is 0 Å². The van der Waals surface area contributed by atoms with Crippen LogP contribution in [0.4, 0.5) is 0 Å². The summed E-state index contributed by atoms with van der Waals surface area (Å²) in [4.78, 5) is 0. The Morgan fingerprint density at radius 1 is 0.163 bits per heavy atom. The van der Waals surface area contributed by atoms with Gasteiger partial charge in [-0.1, -0.05) is 222 Å². The molecule has 86 heavy (non-hydrogen) atoms. The molecule has 0 aromatic heterocycles. The van der Waals surface area contributed by atoms with E-state index in [1.807, 2.05) is 0 Å². The van der Waals surface area contributed by atoms with E-state index < -0.39 is 0 Å². The van der Waals surface area contributed by atoms with Crippen LogP contribution < -0.4 is 0 Å². The summed E-state index contributed by atoms with van der Waals surface area (Å²) in [5.74, 6) is 0. The van der Waals surface area contributed by atoms with E-state index in [-0.39, 0.29) is 10.8 Å². The predicted molar refractivity (Wildman–Crippen MR) is 365 cm³/mol. The lowest BCUT2D eigenvalue weighted by Gasteiger charge is -2.44. The summed E-state index contributed by atoms with van der Waals surface area (Å²) in [6.07, 6.45) is 0. The zero-order valence-corrected chi connectivity index (χ0v) is 48.7. The molecule has 0 nitrogen and oxygen atoms in total. The van der Waals surface area contributed by atoms with Gasteiger partial charge in [-0.05, 0) is 274 Å². The maximum Gasteiger partial charge on any atom is 0.0153 e. The Morgan fingerprint density at radius 2 is 0.360 bits per heavy atom. The van der Waals surface area contributed by atoms with Crippen molar-refractivity contribution in [2.75, 3.05) is 0 Å². The van der Waals surface area contributed by atoms with Gasteiger partial charge in [-0.2, -0.15) is 0 Å². The third kappa shape index (κ3) is 7.90. The Morgan fingerprint density at radius 3 is 0.581 bits per heavy atom. The predicted octanol–water partition coefficient (Wildman–Crippen LogP) is 23.6. The molecule has 0 atom stereocenters. The van der Waals surface area contributed by atoms with Gasteiger partial charge in [0.15, 0.2) is 0 Å². The van der Waals surface area contributed by atoms with Crippen LogP contribution in [0.5, 0.6) is 0 Å². The van der Waals surface area contributed by atoms with Crippen molar-refractivity contribution in [2.24, 2.45) is 0 Å². The van der Waals surface area contributed by atoms with Crippen LogP contribution in [-0.4, -0.2) is 0 Å². The van der Waals surface area contributed by atoms with E-state index in [1.54, 1.807) is 0 Å². The maximum absolute atomic E-state index is 2.61. The Bertz CT molecular complexity index is 4480. The number of hydrogen-bond donors (Lipinski definition) is 0. The van der Waals surface area contributed by atoms with Crippen LogP contribution in [0.3, 0.4) is 0 Å². The maximum atomic E-state index is 2.61. The molecule has 0 fully saturated rings. The fourth-order valence-corrected chi connectivity index (χ4v) is 15.0. The van der Waals surface area contributed by atoms with Crippen molar-refractivity contribution < 1.29 is 0 Å². The van der Waals surface area contributed by atoms with Gasteiger partial charge in [-0.25, -0.2) is 0 Å². The minimum atomic E-state index is -0.332. The molecule has 14 aromatic carbocycles. The first-order valence-electron chi connectivity index (χ1n) is 30.4. The first-order chi connectivity index (χ1) is 42.1. The summed E-state index contributed by atoms with van der Waals surface area (Å²) in [6.45, 7) is 9.95. The quantitative estimate of drug-likeness (QED) is 0.142. The average Bonchev–Trinajstić information content (AvgIpc) is 1.44. The van der Waals surface area contributed by atoms with Gasteiger partial charge >= 0.3 is 0 Å². The van der Waals surface area contributed by atoms with Crippen molar-refractivity contribution >= 4 is 21.5 Å². The Balaban J connectivity index is 0.855. The molecule has 3 aliphatic rings. The molecule has 0 spiro atoms. The SMILES string of the molecule is CC1(C)c2cc3c(cc2C(C)(C)c2cc4c(cc21)-c1cc(-c2cccc(-c5ccccc5)c2)cc2cc(-c5cccc(-c6ccccc6)c5)cc-4c12)-c1cc(-c2cccc(-c4ccccc4)c2)cc2cc(-c4cccc(-c5ccccc5)c4)cc-3c12. The van der Waals surface area contributed by atoms with Crippen LogP contribution >= 0.6 is 0 Å². The van der Waals surface area contributed by atoms with Crippen LogP contribution in [-0.2, 0) is 10.8 Å². The third-order valence-electron chi connectivity index (χ3n) is 19.5. The summed E-state index contributed by atoms with van der Waals surface area (Å²) >= 11 is 0. The highest BCUT2D eigenvalue weighted by Crippen LogP contribution is 2.60. The third-order valence-corrected chi connectivity index (χ3v) is 19.5. The van der Waals surface area contributed by atoms with Crippen LogP contribution in [0.1, 0.15) is 49.9 Å². The summed E-state index contributed by atoms with van der Waals surface area (Å²) in [5, 5.41) is 5.19. The monoisotopic (exact) mass is 1090 g/mol. The number of rotatable bonds is 8. The van der Waals surface area contributed by atoms with E-state index in [9.17, 15) is 0 Å². The zero-order chi connectivity index (χ0) is 57.4. The first kappa shape index (κ1) is 50.1. The molecule has 0 aliphatic heterocycles. The molecule has 14 aromatic rings. The van der Waals surface area contributed by atoms with Gasteiger partial charge in [0.1, 0.15) is 0 Å². The normalized spacial score (nSPS) is 13.5. The molecule has 0 heteroatoms. The van der Waals surface area contributed by atoms with E-state index in [0.29, 0.717) is 0 Å². The minimum absolute atomic E-state index is 0.332. The second-order valence-corrected chi connectivity index (χ2v) is 25.2. The molecule has 0 saturated heterocycles. The lowest BCUT2D eigenvalue weighted by atomic mass is 9.59. The van der Waals surface area contributed by atoms with Gasteiger partial charge < -0.3 is 0 Å². The number of fused-ring (bicyclic) bond motifs is 8. The molecule has 3 aliphatic carbocycles. The molecule has 0 bridgehead atoms. The summed E-state index contributed by atoms with van der Waals surface area (Å²) in [6, 6.07) is 110. The van der Waals surface area contributed by atoms with E-state index in [2.05, 4.69) is 319 Å². The molecule has 0 N–H and O–H groups in total. The summed E-state index contributed by atoms with van der Waals surface area (Å²) < 4.78 is 0. The molecular formula is C86H60. The number of benzene rings is 14. The fraction of sp³-hybridized carbons (Fsp3) is 0.0698. The second-order valence-electron chi connectivity index (χ2n) is 25.2. The van der Waals surface area contributed by atoms with Crippen molar-refractivity contribution in [3.8, 4) is 134 Å². The molecule has 0 heterocycles. The average molecular weight is 1090 g/mol. The Labute approximate surface area is 504 Å². The van der Waals surface area contributed by atoms with Crippen molar-refractivity contribution in [2.45, 2.75) is 38.5 Å². The van der Waals surface area contributed by atoms with Crippen LogP contribution in [0.2, 0.25) is 0 Å². The van der Waals surface area contributed by atoms with Crippen molar-refractivity contribution in [3.05, 3.63) is 313 Å². The topological polar surface area (TPSA) is 0 Å². The highest BCUT2D eigenvalue weighted by molar-refractivity contribution is 6.20. The molecule has 0 saturated carbocycles. The zero-order valence-electron chi connectivity index (χ0n) is 48.7. The summed E-state index contributed by atoms with van der Waals surface area (Å²) in [7, 11) is 0. The van der Waals surface area contributed by atoms with Crippen LogP contribution in [0.25, 0.3) is 155 Å². The van der Waals surface area contributed by atoms with Gasteiger partial charge in [0.25, 0.3) is 0 Å². The minimum Gasteiger partial charge on any atom is -0.0622 e. The largest absolute Gasteiger partial charge is 0.0622 e. The van der Waals surface area contributed by atoms with Crippen molar-refractivity contribution in [3.63, 3.8) is 0 Å². The van der Waals surface area contributed by atoms with E-state index in [1.165, 1.54) is 177 Å². The van der Waals surface area contributed by atoms with E-state index in [4.69, 9.17) is 0 Å². The lowest BCUT2D eigenvalue weighted by molar-refractivity contribution is 0.521. The van der Waals surface area contributed by atoms with Gasteiger partial charge in [0.05, 0.1) is 0 Å². The Kier molecular flexibility index (Phi) is 11.1. The molecule has 404 valence electrons. The van der Waals surface area contributed by atoms with Crippen LogP contribution in [0.15, 0.2) is 291 Å². The van der Waals surface area contributed by atoms with E-state index in [0.717, 1.165) is 0 Å². The van der Waals surface area contributed by atoms with Gasteiger partial charge in [-0.3, -0.25) is 0 Å². The smallest absolute Gasteiger partial charge is 0.0153 e. The van der Waals surface area contributed by atoms with Gasteiger partial charge in [0.2, 0.25) is 0 Å². The number of hydrogen-bond acceptors (Lipinski definition) is 0. The van der Waals surface area contributed by atoms with Crippen LogP contribution in [0, 0.1) is 0 Å². The lowest BCUT2D eigenvalue weighted by Crippen LogP contribution is -2.36. The molecule has 0 unspecified atom stereocenters. The molecular weight excluding hydrogens is 1030 g/mol. The highest BCUT2D eigenvalue weighted by atomic mass is 14.5. The molecule has 0 amide bonds. The second kappa shape index (κ2) is 19.1. The molecule has 0 radical (unpaired) electrons. The van der Waals surface area contributed by atoms with Crippen molar-refractivity contribution in [1.29, 1.82) is 0 Å². The Hall–Kier alpha value is -10.4. The molecule has 17 rings (SSSR count). The fourth-order valence-electron chi connectivity index (χ4n) is 15.0. The summed E-state index contributed by atoms with van der Waals surface area (Å²) in [5.41, 5.74) is 35.0. The highest BCUT2D eigenvalue weighted by Gasteiger charge is 2.44.